The van der Waals surface area contributed by atoms with Gasteiger partial charge in [0.05, 0.1) is 12.1 Å². The zero-order chi connectivity index (χ0) is 13.9. The monoisotopic (exact) mass is 269 g/mol. The van der Waals surface area contributed by atoms with E-state index >= 15 is 0 Å². The van der Waals surface area contributed by atoms with E-state index < -0.39 is 8.07 Å². The van der Waals surface area contributed by atoms with E-state index in [1.165, 1.54) is 5.56 Å². The van der Waals surface area contributed by atoms with E-state index in [2.05, 4.69) is 85.4 Å². The maximum Gasteiger partial charge on any atom is 0.129 e. The molecule has 19 heavy (non-hydrogen) atoms. The molecule has 0 saturated carbocycles. The molecule has 0 radical (unpaired) electrons. The van der Waals surface area contributed by atoms with Gasteiger partial charge in [-0.15, -0.1) is 5.54 Å². The summed E-state index contributed by atoms with van der Waals surface area (Å²) in [6.45, 7) is 9.99. The fourth-order valence-electron chi connectivity index (χ4n) is 2.17. The Morgan fingerprint density at radius 2 is 1.89 bits per heavy atom. The molecule has 3 atom stereocenters. The molecule has 0 N–H and O–H groups in total. The van der Waals surface area contributed by atoms with Crippen molar-refractivity contribution < 1.29 is 0 Å². The van der Waals surface area contributed by atoms with Crippen LogP contribution in [0.15, 0.2) is 42.5 Å². The zero-order valence-electron chi connectivity index (χ0n) is 12.4. The molecule has 0 aliphatic carbocycles. The molecule has 0 bridgehead atoms. The smallest absolute Gasteiger partial charge is 0.129 e. The first kappa shape index (κ1) is 14.1. The molecule has 2 rings (SSSR count). The molecule has 1 aliphatic rings. The van der Waals surface area contributed by atoms with Gasteiger partial charge in [0.25, 0.3) is 0 Å². The fraction of sp³-hybridized carbons (Fsp3) is 0.412. The molecular formula is C17H23NSi. The fourth-order valence-corrected chi connectivity index (χ4v) is 2.75. The molecule has 0 amide bonds. The second-order valence-corrected chi connectivity index (χ2v) is 10.9. The maximum atomic E-state index is 3.50. The number of benzene rings is 1. The van der Waals surface area contributed by atoms with Gasteiger partial charge in [-0.05, 0) is 12.5 Å². The molecule has 1 aliphatic heterocycles. The third-order valence-corrected chi connectivity index (χ3v) is 4.06. The van der Waals surface area contributed by atoms with Gasteiger partial charge in [0.2, 0.25) is 0 Å². The standard InChI is InChI=1S/C17H23NSi/c1-5-9-16-17(12-13-19(2,3)4)18(16)14-15-10-7-6-8-11-15/h5-11,16-17H,14H2,1-4H3/b9-5+/t16-,17-,18?/m1/s1. The van der Waals surface area contributed by atoms with Crippen molar-refractivity contribution in [2.24, 2.45) is 0 Å². The van der Waals surface area contributed by atoms with Gasteiger partial charge in [0, 0.05) is 6.54 Å². The number of allylic oxidation sites excluding steroid dienone is 1. The summed E-state index contributed by atoms with van der Waals surface area (Å²) in [4.78, 5) is 2.46. The van der Waals surface area contributed by atoms with Crippen LogP contribution in [0, 0.1) is 11.5 Å². The molecule has 1 fully saturated rings. The van der Waals surface area contributed by atoms with E-state index in [9.17, 15) is 0 Å². The number of nitrogens with zero attached hydrogens (tertiary/aromatic N) is 1. The average Bonchev–Trinajstić information content (AvgIpc) is 3.00. The van der Waals surface area contributed by atoms with Crippen LogP contribution in [0.3, 0.4) is 0 Å². The van der Waals surface area contributed by atoms with Crippen LogP contribution in [0.1, 0.15) is 12.5 Å². The Morgan fingerprint density at radius 1 is 1.21 bits per heavy atom. The summed E-state index contributed by atoms with van der Waals surface area (Å²) in [6, 6.07) is 11.6. The molecule has 1 unspecified atom stereocenters. The molecule has 1 nitrogen and oxygen atoms in total. The minimum absolute atomic E-state index is 0.420. The van der Waals surface area contributed by atoms with E-state index in [0.717, 1.165) is 6.54 Å². The Morgan fingerprint density at radius 3 is 2.47 bits per heavy atom. The van der Waals surface area contributed by atoms with Crippen molar-refractivity contribution in [2.75, 3.05) is 0 Å². The van der Waals surface area contributed by atoms with Crippen LogP contribution in [-0.4, -0.2) is 25.1 Å². The molecule has 1 saturated heterocycles. The van der Waals surface area contributed by atoms with E-state index in [1.807, 2.05) is 0 Å². The van der Waals surface area contributed by atoms with Gasteiger partial charge < -0.3 is 0 Å². The highest BCUT2D eigenvalue weighted by Crippen LogP contribution is 2.31. The lowest BCUT2D eigenvalue weighted by molar-refractivity contribution is 0.512. The second kappa shape index (κ2) is 5.77. The lowest BCUT2D eigenvalue weighted by atomic mass is 10.2. The Labute approximate surface area is 118 Å². The topological polar surface area (TPSA) is 3.01 Å². The van der Waals surface area contributed by atoms with Crippen LogP contribution in [0.2, 0.25) is 19.6 Å². The first-order valence-electron chi connectivity index (χ1n) is 6.96. The van der Waals surface area contributed by atoms with Gasteiger partial charge in [0.1, 0.15) is 8.07 Å². The molecule has 2 heteroatoms. The van der Waals surface area contributed by atoms with Crippen molar-refractivity contribution in [3.8, 4) is 11.5 Å². The first-order chi connectivity index (χ1) is 9.01. The molecule has 1 aromatic carbocycles. The van der Waals surface area contributed by atoms with Crippen molar-refractivity contribution in [1.82, 2.24) is 4.90 Å². The number of hydrogen-bond acceptors (Lipinski definition) is 1. The Hall–Kier alpha value is -1.30. The molecule has 100 valence electrons. The van der Waals surface area contributed by atoms with Crippen LogP contribution < -0.4 is 0 Å². The highest BCUT2D eigenvalue weighted by molar-refractivity contribution is 6.83. The Bertz CT molecular complexity index is 502. The average molecular weight is 269 g/mol. The third-order valence-electron chi connectivity index (χ3n) is 3.17. The summed E-state index contributed by atoms with van der Waals surface area (Å²) in [5.74, 6) is 3.49. The summed E-state index contributed by atoms with van der Waals surface area (Å²) in [5, 5.41) is 0. The molecular weight excluding hydrogens is 246 g/mol. The highest BCUT2D eigenvalue weighted by Gasteiger charge is 2.44. The van der Waals surface area contributed by atoms with Gasteiger partial charge in [0.15, 0.2) is 0 Å². The molecule has 0 aromatic heterocycles. The summed E-state index contributed by atoms with van der Waals surface area (Å²) in [6.07, 6.45) is 4.41. The van der Waals surface area contributed by atoms with Crippen molar-refractivity contribution in [3.05, 3.63) is 48.0 Å². The van der Waals surface area contributed by atoms with Gasteiger partial charge in [-0.25, -0.2) is 0 Å². The largest absolute Gasteiger partial charge is 0.275 e. The van der Waals surface area contributed by atoms with E-state index in [-0.39, 0.29) is 0 Å². The van der Waals surface area contributed by atoms with Gasteiger partial charge in [-0.1, -0.05) is 68.0 Å². The van der Waals surface area contributed by atoms with Crippen molar-refractivity contribution in [1.29, 1.82) is 0 Å². The predicted molar refractivity (Wildman–Crippen MR) is 85.5 cm³/mol. The summed E-state index contributed by atoms with van der Waals surface area (Å²) in [5.41, 5.74) is 4.87. The van der Waals surface area contributed by atoms with Crippen LogP contribution in [0.5, 0.6) is 0 Å². The van der Waals surface area contributed by atoms with Gasteiger partial charge >= 0.3 is 0 Å². The van der Waals surface area contributed by atoms with Crippen molar-refractivity contribution in [3.63, 3.8) is 0 Å². The van der Waals surface area contributed by atoms with Crippen LogP contribution in [-0.2, 0) is 6.54 Å². The van der Waals surface area contributed by atoms with Crippen LogP contribution in [0.4, 0.5) is 0 Å². The minimum Gasteiger partial charge on any atom is -0.275 e. The summed E-state index contributed by atoms with van der Waals surface area (Å²) >= 11 is 0. The number of rotatable bonds is 3. The van der Waals surface area contributed by atoms with E-state index in [0.29, 0.717) is 12.1 Å². The third kappa shape index (κ3) is 4.09. The molecule has 0 spiro atoms. The van der Waals surface area contributed by atoms with Gasteiger partial charge in [-0.3, -0.25) is 4.90 Å². The predicted octanol–water partition coefficient (Wildman–Crippen LogP) is 3.70. The van der Waals surface area contributed by atoms with Crippen LogP contribution >= 0.6 is 0 Å². The first-order valence-corrected chi connectivity index (χ1v) is 10.5. The van der Waals surface area contributed by atoms with E-state index in [4.69, 9.17) is 0 Å². The highest BCUT2D eigenvalue weighted by atomic mass is 28.3. The number of hydrogen-bond donors (Lipinski definition) is 0. The molecule has 1 heterocycles. The van der Waals surface area contributed by atoms with Crippen molar-refractivity contribution in [2.45, 2.75) is 45.2 Å². The minimum atomic E-state index is -1.27. The lowest BCUT2D eigenvalue weighted by Crippen LogP contribution is -2.17. The quantitative estimate of drug-likeness (QED) is 0.350. The zero-order valence-corrected chi connectivity index (χ0v) is 13.4. The summed E-state index contributed by atoms with van der Waals surface area (Å²) in [7, 11) is -1.27. The summed E-state index contributed by atoms with van der Waals surface area (Å²) < 4.78 is 0. The maximum absolute atomic E-state index is 3.50. The lowest BCUT2D eigenvalue weighted by Gasteiger charge is -2.04. The second-order valence-electron chi connectivity index (χ2n) is 6.14. The van der Waals surface area contributed by atoms with E-state index in [1.54, 1.807) is 0 Å². The van der Waals surface area contributed by atoms with Gasteiger partial charge in [-0.2, -0.15) is 0 Å². The van der Waals surface area contributed by atoms with Crippen molar-refractivity contribution >= 4 is 8.07 Å². The van der Waals surface area contributed by atoms with Crippen LogP contribution in [0.25, 0.3) is 0 Å². The Balaban J connectivity index is 2.05. The normalized spacial score (nSPS) is 26.0. The SMILES string of the molecule is C/C=C/[C@@H]1[C@@H](C#C[Si](C)(C)C)N1Cc1ccccc1. The Kier molecular flexibility index (Phi) is 4.29. The molecule has 1 aromatic rings.